The van der Waals surface area contributed by atoms with Crippen LogP contribution in [0.4, 0.5) is 0 Å². The molecule has 1 saturated carbocycles. The van der Waals surface area contributed by atoms with E-state index >= 15 is 0 Å². The SMILES string of the molecule is CCCOc1ccc(/C=C/c2nc(C3(N)CCC3)no2)cc1OC.Cl. The van der Waals surface area contributed by atoms with Gasteiger partial charge in [-0.3, -0.25) is 0 Å². The van der Waals surface area contributed by atoms with E-state index in [9.17, 15) is 0 Å². The summed E-state index contributed by atoms with van der Waals surface area (Å²) in [6.07, 6.45) is 7.56. The third-order valence-electron chi connectivity index (χ3n) is 4.20. The molecular weight excluding hydrogens is 342 g/mol. The minimum atomic E-state index is -0.406. The summed E-state index contributed by atoms with van der Waals surface area (Å²) in [7, 11) is 1.63. The van der Waals surface area contributed by atoms with E-state index in [1.54, 1.807) is 13.2 Å². The van der Waals surface area contributed by atoms with Crippen LogP contribution >= 0.6 is 12.4 Å². The number of methoxy groups -OCH3 is 1. The molecule has 1 aliphatic carbocycles. The molecule has 6 nitrogen and oxygen atoms in total. The zero-order valence-electron chi connectivity index (χ0n) is 14.5. The second kappa shape index (κ2) is 8.36. The highest BCUT2D eigenvalue weighted by Gasteiger charge is 2.38. The first kappa shape index (κ1) is 19.3. The molecule has 1 aliphatic rings. The zero-order chi connectivity index (χ0) is 17.0. The van der Waals surface area contributed by atoms with Crippen LogP contribution in [0.15, 0.2) is 22.7 Å². The predicted octanol–water partition coefficient (Wildman–Crippen LogP) is 3.80. The molecule has 1 aromatic carbocycles. The van der Waals surface area contributed by atoms with Crippen molar-refractivity contribution in [2.75, 3.05) is 13.7 Å². The van der Waals surface area contributed by atoms with Crippen molar-refractivity contribution in [3.63, 3.8) is 0 Å². The van der Waals surface area contributed by atoms with Crippen LogP contribution in [-0.4, -0.2) is 23.9 Å². The van der Waals surface area contributed by atoms with Crippen LogP contribution in [0.3, 0.4) is 0 Å². The number of ether oxygens (including phenoxy) is 2. The molecule has 0 spiro atoms. The Morgan fingerprint density at radius 2 is 2.08 bits per heavy atom. The van der Waals surface area contributed by atoms with Crippen LogP contribution in [-0.2, 0) is 5.54 Å². The molecule has 0 bridgehead atoms. The van der Waals surface area contributed by atoms with Gasteiger partial charge in [0, 0.05) is 6.08 Å². The fraction of sp³-hybridized carbons (Fsp3) is 0.444. The fourth-order valence-electron chi connectivity index (χ4n) is 2.57. The Balaban J connectivity index is 0.00000225. The molecule has 0 saturated heterocycles. The smallest absolute Gasteiger partial charge is 0.250 e. The Morgan fingerprint density at radius 3 is 2.72 bits per heavy atom. The molecule has 1 heterocycles. The van der Waals surface area contributed by atoms with Crippen molar-refractivity contribution in [2.45, 2.75) is 38.1 Å². The van der Waals surface area contributed by atoms with Gasteiger partial charge in [-0.15, -0.1) is 12.4 Å². The molecule has 2 aromatic rings. The molecule has 0 amide bonds. The van der Waals surface area contributed by atoms with E-state index < -0.39 is 5.54 Å². The van der Waals surface area contributed by atoms with Crippen molar-refractivity contribution >= 4 is 24.6 Å². The Labute approximate surface area is 153 Å². The number of rotatable bonds is 7. The van der Waals surface area contributed by atoms with Gasteiger partial charge in [0.1, 0.15) is 0 Å². The minimum absolute atomic E-state index is 0. The summed E-state index contributed by atoms with van der Waals surface area (Å²) in [6.45, 7) is 2.73. The monoisotopic (exact) mass is 365 g/mol. The highest BCUT2D eigenvalue weighted by atomic mass is 35.5. The van der Waals surface area contributed by atoms with Gasteiger partial charge >= 0.3 is 0 Å². The third kappa shape index (κ3) is 4.32. The second-order valence-electron chi connectivity index (χ2n) is 6.06. The topological polar surface area (TPSA) is 83.4 Å². The van der Waals surface area contributed by atoms with Gasteiger partial charge < -0.3 is 19.7 Å². The molecule has 0 radical (unpaired) electrons. The molecule has 0 aliphatic heterocycles. The van der Waals surface area contributed by atoms with E-state index in [1.807, 2.05) is 24.3 Å². The number of halogens is 1. The Bertz CT molecular complexity index is 726. The second-order valence-corrected chi connectivity index (χ2v) is 6.06. The van der Waals surface area contributed by atoms with Crippen molar-refractivity contribution in [1.29, 1.82) is 0 Å². The molecule has 136 valence electrons. The van der Waals surface area contributed by atoms with Crippen molar-refractivity contribution in [3.05, 3.63) is 35.5 Å². The third-order valence-corrected chi connectivity index (χ3v) is 4.20. The van der Waals surface area contributed by atoms with Gasteiger partial charge in [-0.2, -0.15) is 4.98 Å². The summed E-state index contributed by atoms with van der Waals surface area (Å²) in [5.74, 6) is 2.49. The first-order valence-corrected chi connectivity index (χ1v) is 8.26. The maximum Gasteiger partial charge on any atom is 0.250 e. The van der Waals surface area contributed by atoms with E-state index in [0.717, 1.165) is 37.0 Å². The van der Waals surface area contributed by atoms with E-state index in [-0.39, 0.29) is 12.4 Å². The van der Waals surface area contributed by atoms with E-state index in [4.69, 9.17) is 19.7 Å². The van der Waals surface area contributed by atoms with E-state index in [1.165, 1.54) is 0 Å². The maximum atomic E-state index is 6.20. The molecule has 7 heteroatoms. The first-order chi connectivity index (χ1) is 11.6. The van der Waals surface area contributed by atoms with Crippen LogP contribution < -0.4 is 15.2 Å². The van der Waals surface area contributed by atoms with Crippen LogP contribution in [0.5, 0.6) is 11.5 Å². The lowest BCUT2D eigenvalue weighted by Gasteiger charge is -2.34. The molecule has 0 unspecified atom stereocenters. The minimum Gasteiger partial charge on any atom is -0.493 e. The molecule has 1 aromatic heterocycles. The standard InChI is InChI=1S/C18H23N3O3.ClH/c1-3-11-23-14-7-5-13(12-15(14)22-2)6-8-16-20-17(21-24-16)18(19)9-4-10-18;/h5-8,12H,3-4,9-11,19H2,1-2H3;1H/b8-6+;. The molecule has 25 heavy (non-hydrogen) atoms. The van der Waals surface area contributed by atoms with Gasteiger partial charge in [-0.05, 0) is 49.5 Å². The van der Waals surface area contributed by atoms with Gasteiger partial charge in [0.2, 0.25) is 0 Å². The summed E-state index contributed by atoms with van der Waals surface area (Å²) in [4.78, 5) is 4.37. The summed E-state index contributed by atoms with van der Waals surface area (Å²) >= 11 is 0. The molecule has 2 N–H and O–H groups in total. The largest absolute Gasteiger partial charge is 0.493 e. The van der Waals surface area contributed by atoms with Crippen LogP contribution in [0.1, 0.15) is 49.9 Å². The van der Waals surface area contributed by atoms with Gasteiger partial charge in [0.15, 0.2) is 17.3 Å². The van der Waals surface area contributed by atoms with E-state index in [0.29, 0.717) is 24.1 Å². The maximum absolute atomic E-state index is 6.20. The first-order valence-electron chi connectivity index (χ1n) is 8.26. The zero-order valence-corrected chi connectivity index (χ0v) is 15.3. The fourth-order valence-corrected chi connectivity index (χ4v) is 2.57. The van der Waals surface area contributed by atoms with Gasteiger partial charge in [-0.1, -0.05) is 18.1 Å². The van der Waals surface area contributed by atoms with Gasteiger partial charge in [0.25, 0.3) is 5.89 Å². The summed E-state index contributed by atoms with van der Waals surface area (Å²) in [6, 6.07) is 5.77. The van der Waals surface area contributed by atoms with Crippen LogP contribution in [0.25, 0.3) is 12.2 Å². The predicted molar refractivity (Wildman–Crippen MR) is 99.0 cm³/mol. The van der Waals surface area contributed by atoms with Gasteiger partial charge in [-0.25, -0.2) is 0 Å². The summed E-state index contributed by atoms with van der Waals surface area (Å²) in [5.41, 5.74) is 6.75. The number of benzene rings is 1. The molecule has 3 rings (SSSR count). The lowest BCUT2D eigenvalue weighted by molar-refractivity contribution is 0.229. The Kier molecular flexibility index (Phi) is 6.45. The molecule has 1 fully saturated rings. The average molecular weight is 366 g/mol. The van der Waals surface area contributed by atoms with Gasteiger partial charge in [0.05, 0.1) is 19.3 Å². The summed E-state index contributed by atoms with van der Waals surface area (Å²) < 4.78 is 16.3. The van der Waals surface area contributed by atoms with Crippen molar-refractivity contribution < 1.29 is 14.0 Å². The molecular formula is C18H24ClN3O3. The molecule has 0 atom stereocenters. The normalized spacial score (nSPS) is 15.5. The number of aromatic nitrogens is 2. The number of hydrogen-bond acceptors (Lipinski definition) is 6. The average Bonchev–Trinajstić information content (AvgIpc) is 3.05. The van der Waals surface area contributed by atoms with Crippen molar-refractivity contribution in [3.8, 4) is 11.5 Å². The quantitative estimate of drug-likeness (QED) is 0.803. The number of nitrogens with zero attached hydrogens (tertiary/aromatic N) is 2. The van der Waals surface area contributed by atoms with E-state index in [2.05, 4.69) is 17.1 Å². The lowest BCUT2D eigenvalue weighted by atomic mass is 9.77. The number of nitrogens with two attached hydrogens (primary N) is 1. The number of hydrogen-bond donors (Lipinski definition) is 1. The highest BCUT2D eigenvalue weighted by molar-refractivity contribution is 5.85. The summed E-state index contributed by atoms with van der Waals surface area (Å²) in [5, 5.41) is 4.00. The van der Waals surface area contributed by atoms with Crippen LogP contribution in [0.2, 0.25) is 0 Å². The van der Waals surface area contributed by atoms with Crippen molar-refractivity contribution in [2.24, 2.45) is 5.73 Å². The Morgan fingerprint density at radius 1 is 1.28 bits per heavy atom. The van der Waals surface area contributed by atoms with Crippen LogP contribution in [0, 0.1) is 0 Å². The lowest BCUT2D eigenvalue weighted by Crippen LogP contribution is -2.44. The van der Waals surface area contributed by atoms with Crippen molar-refractivity contribution in [1.82, 2.24) is 10.1 Å². The Hall–Kier alpha value is -2.05. The highest BCUT2D eigenvalue weighted by Crippen LogP contribution is 2.37.